The van der Waals surface area contributed by atoms with Crippen LogP contribution in [0.5, 0.6) is 0 Å². The van der Waals surface area contributed by atoms with Crippen LogP contribution < -0.4 is 16.0 Å². The van der Waals surface area contributed by atoms with Crippen LogP contribution in [0.25, 0.3) is 6.08 Å². The number of halogens is 1. The normalized spacial score (nSPS) is 11.8. The monoisotopic (exact) mass is 645 g/mol. The first kappa shape index (κ1) is 32.3. The minimum absolute atomic E-state index is 0.0348. The Labute approximate surface area is 277 Å². The van der Waals surface area contributed by atoms with Crippen molar-refractivity contribution < 1.29 is 14.4 Å². The molecule has 0 saturated heterocycles. The van der Waals surface area contributed by atoms with Crippen molar-refractivity contribution in [3.05, 3.63) is 166 Å². The molecule has 46 heavy (non-hydrogen) atoms. The molecule has 8 heteroatoms. The maximum Gasteiger partial charge on any atom is 0.272 e. The fraction of sp³-hybridized carbons (Fsp3) is 0.0789. The van der Waals surface area contributed by atoms with Crippen molar-refractivity contribution in [3.63, 3.8) is 0 Å². The van der Waals surface area contributed by atoms with E-state index in [1.165, 1.54) is 11.8 Å². The Kier molecular flexibility index (Phi) is 10.7. The van der Waals surface area contributed by atoms with E-state index >= 15 is 0 Å². The quantitative estimate of drug-likeness (QED) is 0.105. The van der Waals surface area contributed by atoms with Gasteiger partial charge in [-0.1, -0.05) is 84.4 Å². The van der Waals surface area contributed by atoms with Crippen molar-refractivity contribution in [2.45, 2.75) is 24.0 Å². The molecule has 6 nitrogen and oxygen atoms in total. The van der Waals surface area contributed by atoms with Gasteiger partial charge in [-0.3, -0.25) is 14.4 Å². The van der Waals surface area contributed by atoms with Gasteiger partial charge in [0, 0.05) is 26.9 Å². The van der Waals surface area contributed by atoms with Gasteiger partial charge >= 0.3 is 0 Å². The molecule has 230 valence electrons. The van der Waals surface area contributed by atoms with E-state index in [2.05, 4.69) is 16.0 Å². The lowest BCUT2D eigenvalue weighted by Crippen LogP contribution is -2.30. The molecule has 1 unspecified atom stereocenters. The van der Waals surface area contributed by atoms with E-state index < -0.39 is 17.1 Å². The van der Waals surface area contributed by atoms with Gasteiger partial charge in [-0.25, -0.2) is 0 Å². The number of hydrogen-bond acceptors (Lipinski definition) is 4. The maximum atomic E-state index is 13.5. The highest BCUT2D eigenvalue weighted by Crippen LogP contribution is 2.37. The first-order valence-corrected chi connectivity index (χ1v) is 15.9. The second-order valence-corrected chi connectivity index (χ2v) is 12.2. The van der Waals surface area contributed by atoms with Gasteiger partial charge in [0.05, 0.1) is 0 Å². The second-order valence-electron chi connectivity index (χ2n) is 10.6. The minimum atomic E-state index is -0.514. The number of hydrogen-bond donors (Lipinski definition) is 3. The molecule has 0 aliphatic rings. The van der Waals surface area contributed by atoms with Gasteiger partial charge in [0.2, 0.25) is 5.91 Å². The van der Waals surface area contributed by atoms with Crippen molar-refractivity contribution >= 4 is 58.5 Å². The van der Waals surface area contributed by atoms with E-state index in [-0.39, 0.29) is 11.6 Å². The van der Waals surface area contributed by atoms with Gasteiger partial charge in [0.1, 0.15) is 10.9 Å². The molecule has 1 atom stereocenters. The average Bonchev–Trinajstić information content (AvgIpc) is 3.07. The van der Waals surface area contributed by atoms with E-state index in [1.54, 1.807) is 66.7 Å². The maximum absolute atomic E-state index is 13.5. The van der Waals surface area contributed by atoms with E-state index in [0.29, 0.717) is 21.8 Å². The van der Waals surface area contributed by atoms with Gasteiger partial charge in [0.15, 0.2) is 0 Å². The highest BCUT2D eigenvalue weighted by molar-refractivity contribution is 8.00. The average molecular weight is 646 g/mol. The van der Waals surface area contributed by atoms with Gasteiger partial charge < -0.3 is 16.0 Å². The van der Waals surface area contributed by atoms with Crippen LogP contribution in [0.1, 0.15) is 37.9 Å². The summed E-state index contributed by atoms with van der Waals surface area (Å²) in [6.45, 7) is 4.05. The Morgan fingerprint density at radius 1 is 0.696 bits per heavy atom. The number of nitrogens with one attached hydrogen (secondary N) is 3. The summed E-state index contributed by atoms with van der Waals surface area (Å²) in [7, 11) is 0. The van der Waals surface area contributed by atoms with Crippen LogP contribution in [-0.2, 0) is 9.59 Å². The van der Waals surface area contributed by atoms with Crippen LogP contribution in [-0.4, -0.2) is 17.7 Å². The van der Waals surface area contributed by atoms with Crippen molar-refractivity contribution in [1.29, 1.82) is 0 Å². The summed E-state index contributed by atoms with van der Waals surface area (Å²) in [5, 5.41) is 8.58. The van der Waals surface area contributed by atoms with Crippen molar-refractivity contribution in [2.24, 2.45) is 0 Å². The zero-order valence-electron chi connectivity index (χ0n) is 25.3. The Morgan fingerprint density at radius 2 is 1.33 bits per heavy atom. The molecule has 5 aromatic carbocycles. The number of aryl methyl sites for hydroxylation is 2. The fourth-order valence-corrected chi connectivity index (χ4v) is 5.78. The number of rotatable bonds is 10. The Morgan fingerprint density at radius 3 is 2.00 bits per heavy atom. The molecular weight excluding hydrogens is 614 g/mol. The lowest BCUT2D eigenvalue weighted by atomic mass is 10.1. The molecule has 0 aromatic heterocycles. The first-order chi connectivity index (χ1) is 22.3. The van der Waals surface area contributed by atoms with Gasteiger partial charge in [-0.15, -0.1) is 11.8 Å². The highest BCUT2D eigenvalue weighted by Gasteiger charge is 2.23. The third-order valence-electron chi connectivity index (χ3n) is 7.21. The fourth-order valence-electron chi connectivity index (χ4n) is 4.57. The molecule has 0 fully saturated rings. The predicted octanol–water partition coefficient (Wildman–Crippen LogP) is 8.84. The van der Waals surface area contributed by atoms with E-state index in [9.17, 15) is 14.4 Å². The van der Waals surface area contributed by atoms with Crippen molar-refractivity contribution in [1.82, 2.24) is 5.32 Å². The van der Waals surface area contributed by atoms with Crippen LogP contribution in [0.15, 0.2) is 138 Å². The van der Waals surface area contributed by atoms with Gasteiger partial charge in [-0.2, -0.15) is 0 Å². The predicted molar refractivity (Wildman–Crippen MR) is 188 cm³/mol. The van der Waals surface area contributed by atoms with Crippen LogP contribution in [0.4, 0.5) is 11.4 Å². The van der Waals surface area contributed by atoms with E-state index in [4.69, 9.17) is 11.6 Å². The molecule has 5 rings (SSSR count). The zero-order valence-corrected chi connectivity index (χ0v) is 26.9. The summed E-state index contributed by atoms with van der Waals surface area (Å²) in [5.41, 5.74) is 5.42. The lowest BCUT2D eigenvalue weighted by Gasteiger charge is -2.18. The Bertz CT molecular complexity index is 1880. The topological polar surface area (TPSA) is 87.3 Å². The molecule has 0 saturated carbocycles. The number of anilines is 2. The molecule has 0 radical (unpaired) electrons. The summed E-state index contributed by atoms with van der Waals surface area (Å²) < 4.78 is 0. The number of carbonyl (C=O) groups excluding carboxylic acids is 3. The van der Waals surface area contributed by atoms with E-state index in [0.717, 1.165) is 27.3 Å². The van der Waals surface area contributed by atoms with Crippen molar-refractivity contribution in [3.8, 4) is 0 Å². The summed E-state index contributed by atoms with van der Waals surface area (Å²) in [6, 6.07) is 38.4. The molecule has 0 aliphatic heterocycles. The summed E-state index contributed by atoms with van der Waals surface area (Å²) in [4.78, 5) is 40.8. The Balaban J connectivity index is 1.33. The lowest BCUT2D eigenvalue weighted by molar-refractivity contribution is -0.116. The third kappa shape index (κ3) is 8.53. The van der Waals surface area contributed by atoms with E-state index in [1.807, 2.05) is 80.6 Å². The van der Waals surface area contributed by atoms with Crippen LogP contribution in [0.3, 0.4) is 0 Å². The van der Waals surface area contributed by atoms with Crippen LogP contribution >= 0.6 is 23.4 Å². The number of carbonyl (C=O) groups is 3. The number of amides is 3. The first-order valence-electron chi connectivity index (χ1n) is 14.6. The molecule has 0 heterocycles. The molecule has 5 aromatic rings. The SMILES string of the molecule is Cc1ccc(NC(=O)C(Sc2ccc(NC(=O)/C(=C/c3ccccc3Cl)NC(=O)c3ccccc3)cc2)c2ccccc2)cc1C. The number of thioether (sulfide) groups is 1. The molecular formula is C38H32ClN3O3S. The zero-order chi connectivity index (χ0) is 32.5. The van der Waals surface area contributed by atoms with Crippen LogP contribution in [0, 0.1) is 13.8 Å². The third-order valence-corrected chi connectivity index (χ3v) is 8.83. The smallest absolute Gasteiger partial charge is 0.272 e. The molecule has 3 amide bonds. The summed E-state index contributed by atoms with van der Waals surface area (Å²) in [5.74, 6) is -1.08. The Hall–Kier alpha value is -5.11. The number of benzene rings is 5. The van der Waals surface area contributed by atoms with Crippen LogP contribution in [0.2, 0.25) is 5.02 Å². The standard InChI is InChI=1S/C38H32ClN3O3S/c1-25-17-18-31(23-26(25)2)41-38(45)35(27-11-5-3-6-12-27)46-32-21-19-30(20-22-32)40-37(44)34(24-29-15-9-10-16-33(29)39)42-36(43)28-13-7-4-8-14-28/h3-24,35H,1-2H3,(H,40,44)(H,41,45)(H,42,43)/b34-24-. The highest BCUT2D eigenvalue weighted by atomic mass is 35.5. The summed E-state index contributed by atoms with van der Waals surface area (Å²) >= 11 is 7.76. The molecule has 0 aliphatic carbocycles. The minimum Gasteiger partial charge on any atom is -0.325 e. The molecule has 0 bridgehead atoms. The van der Waals surface area contributed by atoms with Crippen molar-refractivity contribution in [2.75, 3.05) is 10.6 Å². The summed E-state index contributed by atoms with van der Waals surface area (Å²) in [6.07, 6.45) is 1.54. The second kappa shape index (κ2) is 15.3. The van der Waals surface area contributed by atoms with Gasteiger partial charge in [0.25, 0.3) is 11.8 Å². The molecule has 0 spiro atoms. The largest absolute Gasteiger partial charge is 0.325 e. The molecule has 3 N–H and O–H groups in total. The van der Waals surface area contributed by atoms with Gasteiger partial charge in [-0.05, 0) is 96.8 Å².